The molecule has 0 fully saturated rings. The summed E-state index contributed by atoms with van der Waals surface area (Å²) in [6, 6.07) is 2.18. The lowest BCUT2D eigenvalue weighted by molar-refractivity contribution is -0.120. The number of nitrogens with zero attached hydrogens (tertiary/aromatic N) is 5. The van der Waals surface area contributed by atoms with Crippen molar-refractivity contribution in [2.75, 3.05) is 5.32 Å². The highest BCUT2D eigenvalue weighted by molar-refractivity contribution is 5.94. The summed E-state index contributed by atoms with van der Waals surface area (Å²) in [5.74, 6) is 0.0168. The number of fused-ring (bicyclic) bond motifs is 2. The summed E-state index contributed by atoms with van der Waals surface area (Å²) in [4.78, 5) is 21.2. The lowest BCUT2D eigenvalue weighted by Crippen LogP contribution is -2.29. The lowest BCUT2D eigenvalue weighted by Gasteiger charge is -2.22. The molecular formula is C17H20N6O. The molecule has 24 heavy (non-hydrogen) atoms. The Labute approximate surface area is 139 Å². The van der Waals surface area contributed by atoms with Crippen LogP contribution in [0, 0.1) is 5.92 Å². The molecule has 1 amide bonds. The smallest absolute Gasteiger partial charge is 0.227 e. The van der Waals surface area contributed by atoms with Gasteiger partial charge < -0.3 is 9.88 Å². The molecule has 1 unspecified atom stereocenters. The zero-order valence-electron chi connectivity index (χ0n) is 13.8. The van der Waals surface area contributed by atoms with Crippen LogP contribution in [0.25, 0.3) is 11.0 Å². The molecular weight excluding hydrogens is 304 g/mol. The number of aromatic nitrogens is 5. The Hall–Kier alpha value is -2.70. The Balaban J connectivity index is 1.51. The van der Waals surface area contributed by atoms with Gasteiger partial charge >= 0.3 is 0 Å². The van der Waals surface area contributed by atoms with Crippen LogP contribution in [0.3, 0.4) is 0 Å². The van der Waals surface area contributed by atoms with E-state index in [9.17, 15) is 4.79 Å². The Morgan fingerprint density at radius 3 is 3.04 bits per heavy atom. The maximum absolute atomic E-state index is 12.6. The Bertz CT molecular complexity index is 894. The molecule has 1 aliphatic rings. The van der Waals surface area contributed by atoms with Crippen LogP contribution in [-0.4, -0.2) is 30.2 Å². The van der Waals surface area contributed by atoms with Gasteiger partial charge in [-0.05, 0) is 26.3 Å². The summed E-state index contributed by atoms with van der Waals surface area (Å²) in [5, 5.41) is 8.29. The molecule has 0 saturated heterocycles. The standard InChI is InChI=1S/C17H20N6O/c1-11(2)23-16-13(7-20-23)5-14(8-19-16)21-17(24)12-3-4-22-10-18-9-15(22)6-12/h5,7-12H,3-4,6H2,1-2H3,(H,21,24). The van der Waals surface area contributed by atoms with Crippen LogP contribution in [0.2, 0.25) is 0 Å². The van der Waals surface area contributed by atoms with E-state index in [1.165, 1.54) is 0 Å². The van der Waals surface area contributed by atoms with E-state index in [1.807, 2.05) is 23.3 Å². The number of imidazole rings is 1. The Morgan fingerprint density at radius 2 is 2.21 bits per heavy atom. The number of nitrogens with one attached hydrogen (secondary N) is 1. The summed E-state index contributed by atoms with van der Waals surface area (Å²) in [6.45, 7) is 4.97. The van der Waals surface area contributed by atoms with Gasteiger partial charge in [0, 0.05) is 42.2 Å². The fourth-order valence-electron chi connectivity index (χ4n) is 3.22. The molecule has 1 N–H and O–H groups in total. The zero-order chi connectivity index (χ0) is 16.7. The van der Waals surface area contributed by atoms with Crippen molar-refractivity contribution in [1.29, 1.82) is 0 Å². The van der Waals surface area contributed by atoms with Gasteiger partial charge in [0.25, 0.3) is 0 Å². The SMILES string of the molecule is CC(C)n1ncc2cc(NC(=O)C3CCn4cncc4C3)cnc21. The molecule has 4 rings (SSSR count). The van der Waals surface area contributed by atoms with E-state index in [4.69, 9.17) is 0 Å². The van der Waals surface area contributed by atoms with Crippen LogP contribution >= 0.6 is 0 Å². The zero-order valence-corrected chi connectivity index (χ0v) is 13.8. The van der Waals surface area contributed by atoms with Crippen molar-refractivity contribution in [3.05, 3.63) is 36.7 Å². The monoisotopic (exact) mass is 324 g/mol. The van der Waals surface area contributed by atoms with Gasteiger partial charge in [-0.25, -0.2) is 14.6 Å². The van der Waals surface area contributed by atoms with Crippen LogP contribution in [0.1, 0.15) is 32.0 Å². The van der Waals surface area contributed by atoms with E-state index in [-0.39, 0.29) is 17.9 Å². The number of amides is 1. The van der Waals surface area contributed by atoms with Crippen molar-refractivity contribution in [2.45, 2.75) is 39.3 Å². The summed E-state index contributed by atoms with van der Waals surface area (Å²) >= 11 is 0. The lowest BCUT2D eigenvalue weighted by atomic mass is 9.95. The first-order valence-corrected chi connectivity index (χ1v) is 8.25. The second-order valence-electron chi connectivity index (χ2n) is 6.58. The first kappa shape index (κ1) is 14.9. The summed E-state index contributed by atoms with van der Waals surface area (Å²) in [7, 11) is 0. The molecule has 0 aliphatic carbocycles. The van der Waals surface area contributed by atoms with Crippen molar-refractivity contribution < 1.29 is 4.79 Å². The minimum Gasteiger partial charge on any atom is -0.335 e. The third-order valence-corrected chi connectivity index (χ3v) is 4.53. The van der Waals surface area contributed by atoms with Crippen molar-refractivity contribution in [3.63, 3.8) is 0 Å². The van der Waals surface area contributed by atoms with Crippen molar-refractivity contribution in [1.82, 2.24) is 24.3 Å². The predicted molar refractivity (Wildman–Crippen MR) is 90.6 cm³/mol. The van der Waals surface area contributed by atoms with Crippen molar-refractivity contribution >= 4 is 22.6 Å². The van der Waals surface area contributed by atoms with E-state index >= 15 is 0 Å². The third kappa shape index (κ3) is 2.55. The fraction of sp³-hybridized carbons (Fsp3) is 0.412. The number of carbonyl (C=O) groups is 1. The third-order valence-electron chi connectivity index (χ3n) is 4.53. The maximum atomic E-state index is 12.6. The van der Waals surface area contributed by atoms with Gasteiger partial charge in [0.05, 0.1) is 24.4 Å². The van der Waals surface area contributed by atoms with Gasteiger partial charge in [0.15, 0.2) is 5.65 Å². The Kier molecular flexibility index (Phi) is 3.55. The molecule has 0 aromatic carbocycles. The number of carbonyl (C=O) groups excluding carboxylic acids is 1. The Morgan fingerprint density at radius 1 is 1.33 bits per heavy atom. The van der Waals surface area contributed by atoms with Crippen LogP contribution in [0.5, 0.6) is 0 Å². The highest BCUT2D eigenvalue weighted by Crippen LogP contribution is 2.23. The highest BCUT2D eigenvalue weighted by atomic mass is 16.1. The van der Waals surface area contributed by atoms with Gasteiger partial charge in [-0.15, -0.1) is 0 Å². The molecule has 4 heterocycles. The minimum atomic E-state index is -0.0247. The van der Waals surface area contributed by atoms with Crippen LogP contribution in [-0.2, 0) is 17.8 Å². The normalized spacial score (nSPS) is 17.2. The van der Waals surface area contributed by atoms with E-state index in [2.05, 4.69) is 38.8 Å². The molecule has 0 spiro atoms. The van der Waals surface area contributed by atoms with Crippen LogP contribution < -0.4 is 5.32 Å². The molecule has 0 bridgehead atoms. The second-order valence-corrected chi connectivity index (χ2v) is 6.58. The molecule has 3 aromatic heterocycles. The average molecular weight is 324 g/mol. The summed E-state index contributed by atoms with van der Waals surface area (Å²) in [6.07, 6.45) is 8.72. The minimum absolute atomic E-state index is 0.0247. The first-order chi connectivity index (χ1) is 11.6. The molecule has 7 nitrogen and oxygen atoms in total. The van der Waals surface area contributed by atoms with Gasteiger partial charge in [-0.2, -0.15) is 5.10 Å². The summed E-state index contributed by atoms with van der Waals surface area (Å²) in [5.41, 5.74) is 2.67. The second kappa shape index (κ2) is 5.74. The number of hydrogen-bond acceptors (Lipinski definition) is 4. The average Bonchev–Trinajstić information content (AvgIpc) is 3.20. The molecule has 124 valence electrons. The van der Waals surface area contributed by atoms with Crippen LogP contribution in [0.15, 0.2) is 31.0 Å². The molecule has 1 atom stereocenters. The number of hydrogen-bond donors (Lipinski definition) is 1. The number of aryl methyl sites for hydroxylation is 1. The molecule has 7 heteroatoms. The van der Waals surface area contributed by atoms with Crippen LogP contribution in [0.4, 0.5) is 5.69 Å². The van der Waals surface area contributed by atoms with E-state index in [0.29, 0.717) is 0 Å². The molecule has 0 radical (unpaired) electrons. The predicted octanol–water partition coefficient (Wildman–Crippen LogP) is 2.41. The summed E-state index contributed by atoms with van der Waals surface area (Å²) < 4.78 is 3.99. The largest absolute Gasteiger partial charge is 0.335 e. The van der Waals surface area contributed by atoms with Gasteiger partial charge in [-0.1, -0.05) is 0 Å². The van der Waals surface area contributed by atoms with Gasteiger partial charge in [0.1, 0.15) is 0 Å². The van der Waals surface area contributed by atoms with E-state index in [0.717, 1.165) is 41.8 Å². The first-order valence-electron chi connectivity index (χ1n) is 8.25. The molecule has 3 aromatic rings. The topological polar surface area (TPSA) is 77.6 Å². The van der Waals surface area contributed by atoms with E-state index in [1.54, 1.807) is 12.4 Å². The van der Waals surface area contributed by atoms with Crippen molar-refractivity contribution in [2.24, 2.45) is 5.92 Å². The van der Waals surface area contributed by atoms with Crippen molar-refractivity contribution in [3.8, 4) is 0 Å². The number of rotatable bonds is 3. The van der Waals surface area contributed by atoms with E-state index < -0.39 is 0 Å². The number of anilines is 1. The maximum Gasteiger partial charge on any atom is 0.227 e. The highest BCUT2D eigenvalue weighted by Gasteiger charge is 2.25. The van der Waals surface area contributed by atoms with Gasteiger partial charge in [0.2, 0.25) is 5.91 Å². The fourth-order valence-corrected chi connectivity index (χ4v) is 3.22. The number of pyridine rings is 1. The van der Waals surface area contributed by atoms with Gasteiger partial charge in [-0.3, -0.25) is 4.79 Å². The molecule has 1 aliphatic heterocycles. The quantitative estimate of drug-likeness (QED) is 0.802. The molecule has 0 saturated carbocycles.